The van der Waals surface area contributed by atoms with Gasteiger partial charge in [-0.15, -0.1) is 0 Å². The summed E-state index contributed by atoms with van der Waals surface area (Å²) in [4.78, 5) is 24.6. The number of para-hydroxylation sites is 2. The van der Waals surface area contributed by atoms with Crippen LogP contribution in [0.1, 0.15) is 24.3 Å². The molecule has 0 saturated heterocycles. The minimum Gasteiger partial charge on any atom is -0.493 e. The molecule has 0 atom stereocenters. The van der Waals surface area contributed by atoms with Crippen LogP contribution >= 0.6 is 0 Å². The summed E-state index contributed by atoms with van der Waals surface area (Å²) in [6, 6.07) is 17.3. The van der Waals surface area contributed by atoms with Gasteiger partial charge in [-0.2, -0.15) is 4.98 Å². The zero-order chi connectivity index (χ0) is 30.3. The first-order valence-corrected chi connectivity index (χ1v) is 14.3. The topological polar surface area (TPSA) is 161 Å². The number of carbonyl (C=O) groups is 1. The van der Waals surface area contributed by atoms with E-state index in [1.807, 2.05) is 13.8 Å². The second-order valence-corrected chi connectivity index (χ2v) is 11.2. The van der Waals surface area contributed by atoms with E-state index in [-0.39, 0.29) is 70.9 Å². The highest BCUT2D eigenvalue weighted by Crippen LogP contribution is 2.44. The average Bonchev–Trinajstić information content (AvgIpc) is 2.99. The van der Waals surface area contributed by atoms with Crippen molar-refractivity contribution in [3.05, 3.63) is 78.6 Å². The van der Waals surface area contributed by atoms with Crippen molar-refractivity contribution in [3.63, 3.8) is 0 Å². The molecule has 0 saturated carbocycles. The monoisotopic (exact) mass is 594 g/mol. The number of aliphatic hydroxyl groups is 1. The molecule has 220 valence electrons. The third-order valence-electron chi connectivity index (χ3n) is 5.76. The summed E-state index contributed by atoms with van der Waals surface area (Å²) in [5.41, 5.74) is -0.0243. The Morgan fingerprint density at radius 3 is 2.33 bits per heavy atom. The van der Waals surface area contributed by atoms with Crippen LogP contribution in [0, 0.1) is 5.92 Å². The molecule has 0 aliphatic heterocycles. The van der Waals surface area contributed by atoms with Gasteiger partial charge < -0.3 is 24.4 Å². The maximum Gasteiger partial charge on any atom is 0.354 e. The van der Waals surface area contributed by atoms with Crippen LogP contribution in [0.4, 0.5) is 5.82 Å². The van der Waals surface area contributed by atoms with E-state index in [1.54, 1.807) is 42.5 Å². The number of aromatic carboxylic acids is 1. The summed E-state index contributed by atoms with van der Waals surface area (Å²) in [5, 5.41) is 19.0. The maximum absolute atomic E-state index is 14.1. The molecule has 0 amide bonds. The zero-order valence-corrected chi connectivity index (χ0v) is 24.0. The quantitative estimate of drug-likeness (QED) is 0.227. The number of hydrogen-bond acceptors (Lipinski definition) is 10. The number of aliphatic hydroxyl groups excluding tert-OH is 1. The second kappa shape index (κ2) is 13.3. The SMILES string of the molecule is COc1ccccc1Oc1c(OCCO)nc(-c2ccnc(C(=O)O)c2)nc1N(CC(C)C)S(=O)(=O)c1ccccc1. The summed E-state index contributed by atoms with van der Waals surface area (Å²) in [6.07, 6.45) is 1.28. The minimum atomic E-state index is -4.22. The molecule has 2 N–H and O–H groups in total. The van der Waals surface area contributed by atoms with Gasteiger partial charge in [-0.3, -0.25) is 0 Å². The number of hydrogen-bond donors (Lipinski definition) is 2. The van der Waals surface area contributed by atoms with Crippen molar-refractivity contribution in [1.82, 2.24) is 15.0 Å². The van der Waals surface area contributed by atoms with E-state index in [2.05, 4.69) is 15.0 Å². The van der Waals surface area contributed by atoms with Crippen molar-refractivity contribution < 1.29 is 37.6 Å². The van der Waals surface area contributed by atoms with Crippen molar-refractivity contribution >= 4 is 21.8 Å². The van der Waals surface area contributed by atoms with Crippen LogP contribution in [0.15, 0.2) is 77.8 Å². The van der Waals surface area contributed by atoms with Gasteiger partial charge in [-0.05, 0) is 42.3 Å². The van der Waals surface area contributed by atoms with Gasteiger partial charge >= 0.3 is 5.97 Å². The van der Waals surface area contributed by atoms with Gasteiger partial charge in [-0.25, -0.2) is 27.5 Å². The standard InChI is InChI=1S/C29H30N4O8S/c1-19(2)18-33(42(37,38)21-9-5-4-6-10-21)27-25(41-24-12-8-7-11-23(24)39-3)28(40-16-15-34)32-26(31-27)20-13-14-30-22(17-20)29(35)36/h4-14,17,19,34H,15-16,18H2,1-3H3,(H,35,36). The lowest BCUT2D eigenvalue weighted by Crippen LogP contribution is -2.35. The molecule has 2 aromatic carbocycles. The minimum absolute atomic E-state index is 0.00781. The number of nitrogens with zero attached hydrogens (tertiary/aromatic N) is 4. The lowest BCUT2D eigenvalue weighted by molar-refractivity contribution is 0.0690. The summed E-state index contributed by atoms with van der Waals surface area (Å²) in [6.45, 7) is 3.11. The molecule has 4 rings (SSSR count). The molecule has 2 aromatic heterocycles. The number of aromatic nitrogens is 3. The summed E-state index contributed by atoms with van der Waals surface area (Å²) >= 11 is 0. The Kier molecular flexibility index (Phi) is 9.55. The van der Waals surface area contributed by atoms with Gasteiger partial charge in [0.2, 0.25) is 5.75 Å². The van der Waals surface area contributed by atoms with Crippen LogP contribution in [0.3, 0.4) is 0 Å². The third-order valence-corrected chi connectivity index (χ3v) is 7.53. The Hall–Kier alpha value is -4.75. The van der Waals surface area contributed by atoms with E-state index >= 15 is 0 Å². The predicted octanol–water partition coefficient (Wildman–Crippen LogP) is 4.26. The lowest BCUT2D eigenvalue weighted by atomic mass is 10.2. The molecule has 4 aromatic rings. The highest BCUT2D eigenvalue weighted by Gasteiger charge is 2.33. The fraction of sp³-hybridized carbons (Fsp3) is 0.241. The maximum atomic E-state index is 14.1. The van der Waals surface area contributed by atoms with Crippen LogP contribution in [0.2, 0.25) is 0 Å². The molecule has 0 bridgehead atoms. The molecule has 0 spiro atoms. The van der Waals surface area contributed by atoms with Crippen molar-refractivity contribution in [3.8, 4) is 34.5 Å². The summed E-state index contributed by atoms with van der Waals surface area (Å²) in [7, 11) is -2.76. The van der Waals surface area contributed by atoms with Gasteiger partial charge in [0.1, 0.15) is 12.3 Å². The molecule has 2 heterocycles. The van der Waals surface area contributed by atoms with E-state index in [1.165, 1.54) is 37.6 Å². The molecule has 0 aliphatic carbocycles. The van der Waals surface area contributed by atoms with Crippen molar-refractivity contribution in [2.24, 2.45) is 5.92 Å². The van der Waals surface area contributed by atoms with Gasteiger partial charge in [0.15, 0.2) is 23.1 Å². The van der Waals surface area contributed by atoms with Gasteiger partial charge in [0.25, 0.3) is 15.9 Å². The van der Waals surface area contributed by atoms with Crippen LogP contribution in [0.5, 0.6) is 23.1 Å². The fourth-order valence-corrected chi connectivity index (χ4v) is 5.50. The number of benzene rings is 2. The van der Waals surface area contributed by atoms with E-state index in [0.717, 1.165) is 4.31 Å². The summed E-state index contributed by atoms with van der Waals surface area (Å²) < 4.78 is 46.8. The first-order valence-electron chi connectivity index (χ1n) is 12.9. The third kappa shape index (κ3) is 6.75. The second-order valence-electron chi connectivity index (χ2n) is 9.31. The average molecular weight is 595 g/mol. The van der Waals surface area contributed by atoms with Crippen LogP contribution in [0.25, 0.3) is 11.4 Å². The van der Waals surface area contributed by atoms with Crippen molar-refractivity contribution in [2.45, 2.75) is 18.7 Å². The molecule has 42 heavy (non-hydrogen) atoms. The van der Waals surface area contributed by atoms with Gasteiger partial charge in [0.05, 0.1) is 18.6 Å². The molecule has 0 radical (unpaired) electrons. The fourth-order valence-electron chi connectivity index (χ4n) is 3.90. The van der Waals surface area contributed by atoms with Crippen LogP contribution in [-0.4, -0.2) is 66.4 Å². The number of carboxylic acids is 1. The number of anilines is 1. The normalized spacial score (nSPS) is 11.3. The van der Waals surface area contributed by atoms with Gasteiger partial charge in [-0.1, -0.05) is 44.2 Å². The number of ether oxygens (including phenoxy) is 3. The Morgan fingerprint density at radius 2 is 1.69 bits per heavy atom. The number of methoxy groups -OCH3 is 1. The highest BCUT2D eigenvalue weighted by molar-refractivity contribution is 7.92. The van der Waals surface area contributed by atoms with Crippen LogP contribution in [-0.2, 0) is 10.0 Å². The highest BCUT2D eigenvalue weighted by atomic mass is 32.2. The van der Waals surface area contributed by atoms with Crippen LogP contribution < -0.4 is 18.5 Å². The number of rotatable bonds is 13. The first-order chi connectivity index (χ1) is 20.1. The first kappa shape index (κ1) is 30.2. The molecule has 0 unspecified atom stereocenters. The predicted molar refractivity (Wildman–Crippen MR) is 154 cm³/mol. The van der Waals surface area contributed by atoms with Crippen molar-refractivity contribution in [2.75, 3.05) is 31.2 Å². The summed E-state index contributed by atoms with van der Waals surface area (Å²) in [5.74, 6) is -1.39. The molecule has 0 aliphatic rings. The van der Waals surface area contributed by atoms with E-state index < -0.39 is 16.0 Å². The van der Waals surface area contributed by atoms with Gasteiger partial charge in [0, 0.05) is 18.3 Å². The molecule has 12 nitrogen and oxygen atoms in total. The number of pyridine rings is 1. The Bertz CT molecular complexity index is 1650. The molecule has 0 fully saturated rings. The molecular weight excluding hydrogens is 564 g/mol. The van der Waals surface area contributed by atoms with E-state index in [4.69, 9.17) is 14.2 Å². The zero-order valence-electron chi connectivity index (χ0n) is 23.2. The van der Waals surface area contributed by atoms with Crippen molar-refractivity contribution in [1.29, 1.82) is 0 Å². The number of sulfonamides is 1. The number of carboxylic acid groups (broad SMARTS) is 1. The Morgan fingerprint density at radius 1 is 1.00 bits per heavy atom. The molecule has 13 heteroatoms. The lowest BCUT2D eigenvalue weighted by Gasteiger charge is -2.28. The Labute approximate surface area is 243 Å². The Balaban J connectivity index is 2.05. The largest absolute Gasteiger partial charge is 0.493 e. The van der Waals surface area contributed by atoms with E-state index in [9.17, 15) is 23.4 Å². The van der Waals surface area contributed by atoms with E-state index in [0.29, 0.717) is 5.75 Å². The smallest absolute Gasteiger partial charge is 0.354 e. The molecular formula is C29H30N4O8S.